The van der Waals surface area contributed by atoms with Gasteiger partial charge < -0.3 is 10.1 Å². The van der Waals surface area contributed by atoms with Gasteiger partial charge in [0.25, 0.3) is 5.56 Å². The SMILES string of the molecule is Cc1cccc(-c2c(O)nc(C3CCCS3)[nH]c2=O)c1. The van der Waals surface area contributed by atoms with Crippen molar-refractivity contribution in [3.05, 3.63) is 46.0 Å². The molecule has 1 atom stereocenters. The third-order valence-corrected chi connectivity index (χ3v) is 4.85. The Balaban J connectivity index is 2.07. The summed E-state index contributed by atoms with van der Waals surface area (Å²) in [7, 11) is 0. The van der Waals surface area contributed by atoms with Crippen LogP contribution in [0.2, 0.25) is 0 Å². The van der Waals surface area contributed by atoms with E-state index in [1.165, 1.54) is 0 Å². The zero-order valence-electron chi connectivity index (χ0n) is 11.2. The van der Waals surface area contributed by atoms with Crippen molar-refractivity contribution in [3.63, 3.8) is 0 Å². The fourth-order valence-corrected chi connectivity index (χ4v) is 3.71. The molecule has 2 aromatic rings. The van der Waals surface area contributed by atoms with Crippen molar-refractivity contribution in [1.82, 2.24) is 9.97 Å². The van der Waals surface area contributed by atoms with Gasteiger partial charge in [-0.2, -0.15) is 16.7 Å². The first-order valence-corrected chi connectivity index (χ1v) is 7.72. The monoisotopic (exact) mass is 288 g/mol. The molecule has 5 heteroatoms. The highest BCUT2D eigenvalue weighted by Gasteiger charge is 2.22. The van der Waals surface area contributed by atoms with Crippen molar-refractivity contribution in [1.29, 1.82) is 0 Å². The minimum atomic E-state index is -0.273. The molecule has 1 aliphatic heterocycles. The first-order chi connectivity index (χ1) is 9.65. The van der Waals surface area contributed by atoms with Gasteiger partial charge >= 0.3 is 0 Å². The van der Waals surface area contributed by atoms with Gasteiger partial charge in [-0.1, -0.05) is 29.8 Å². The second-order valence-corrected chi connectivity index (χ2v) is 6.33. The predicted octanol–water partition coefficient (Wildman–Crippen LogP) is 3.02. The van der Waals surface area contributed by atoms with Crippen LogP contribution in [0, 0.1) is 6.92 Å². The van der Waals surface area contributed by atoms with Crippen molar-refractivity contribution in [2.75, 3.05) is 5.75 Å². The third kappa shape index (κ3) is 2.45. The smallest absolute Gasteiger partial charge is 0.262 e. The van der Waals surface area contributed by atoms with Crippen LogP contribution in [0.1, 0.15) is 29.5 Å². The molecule has 0 amide bonds. The molecule has 2 N–H and O–H groups in total. The molecule has 0 aliphatic carbocycles. The second kappa shape index (κ2) is 5.32. The standard InChI is InChI=1S/C15H16N2O2S/c1-9-4-2-5-10(8-9)12-14(18)16-13(17-15(12)19)11-6-3-7-20-11/h2,4-5,8,11H,3,6-7H2,1H3,(H2,16,17,18,19). The molecule has 2 heterocycles. The van der Waals surface area contributed by atoms with E-state index in [2.05, 4.69) is 9.97 Å². The van der Waals surface area contributed by atoms with Gasteiger partial charge in [-0.3, -0.25) is 4.79 Å². The third-order valence-electron chi connectivity index (χ3n) is 3.46. The number of nitrogens with one attached hydrogen (secondary N) is 1. The zero-order chi connectivity index (χ0) is 14.1. The fraction of sp³-hybridized carbons (Fsp3) is 0.333. The number of aromatic nitrogens is 2. The molecule has 1 fully saturated rings. The van der Waals surface area contributed by atoms with Crippen molar-refractivity contribution in [2.24, 2.45) is 0 Å². The van der Waals surface area contributed by atoms with Crippen LogP contribution >= 0.6 is 11.8 Å². The van der Waals surface area contributed by atoms with Gasteiger partial charge in [0, 0.05) is 0 Å². The maximum absolute atomic E-state index is 12.3. The van der Waals surface area contributed by atoms with Crippen molar-refractivity contribution >= 4 is 11.8 Å². The minimum Gasteiger partial charge on any atom is -0.493 e. The van der Waals surface area contributed by atoms with Crippen LogP contribution in [0.5, 0.6) is 5.88 Å². The Morgan fingerprint density at radius 1 is 1.45 bits per heavy atom. The zero-order valence-corrected chi connectivity index (χ0v) is 12.0. The predicted molar refractivity (Wildman–Crippen MR) is 81.1 cm³/mol. The molecule has 1 aromatic heterocycles. The highest BCUT2D eigenvalue weighted by atomic mass is 32.2. The summed E-state index contributed by atoms with van der Waals surface area (Å²) in [5.41, 5.74) is 1.71. The van der Waals surface area contributed by atoms with Crippen LogP contribution < -0.4 is 5.56 Å². The molecular weight excluding hydrogens is 272 g/mol. The minimum absolute atomic E-state index is 0.179. The molecule has 0 radical (unpaired) electrons. The number of nitrogens with zero attached hydrogens (tertiary/aromatic N) is 1. The molecule has 1 aliphatic rings. The average molecular weight is 288 g/mol. The lowest BCUT2D eigenvalue weighted by Gasteiger charge is -2.10. The number of aromatic amines is 1. The van der Waals surface area contributed by atoms with Crippen LogP contribution in [0.15, 0.2) is 29.1 Å². The van der Waals surface area contributed by atoms with E-state index in [4.69, 9.17) is 0 Å². The van der Waals surface area contributed by atoms with E-state index in [1.807, 2.05) is 31.2 Å². The van der Waals surface area contributed by atoms with Crippen LogP contribution in [-0.2, 0) is 0 Å². The summed E-state index contributed by atoms with van der Waals surface area (Å²) in [6, 6.07) is 7.49. The lowest BCUT2D eigenvalue weighted by atomic mass is 10.1. The summed E-state index contributed by atoms with van der Waals surface area (Å²) in [5, 5.41) is 10.3. The van der Waals surface area contributed by atoms with Crippen LogP contribution in [0.4, 0.5) is 0 Å². The summed E-state index contributed by atoms with van der Waals surface area (Å²) in [5.74, 6) is 1.49. The van der Waals surface area contributed by atoms with E-state index >= 15 is 0 Å². The first-order valence-electron chi connectivity index (χ1n) is 6.67. The summed E-state index contributed by atoms with van der Waals surface area (Å²) >= 11 is 1.77. The summed E-state index contributed by atoms with van der Waals surface area (Å²) < 4.78 is 0. The van der Waals surface area contributed by atoms with Gasteiger partial charge in [0.2, 0.25) is 5.88 Å². The Bertz CT molecular complexity index is 691. The summed E-state index contributed by atoms with van der Waals surface area (Å²) in [6.07, 6.45) is 2.12. The Morgan fingerprint density at radius 2 is 2.30 bits per heavy atom. The number of H-pyrrole nitrogens is 1. The molecule has 20 heavy (non-hydrogen) atoms. The molecule has 104 valence electrons. The lowest BCUT2D eigenvalue weighted by molar-refractivity contribution is 0.449. The summed E-state index contributed by atoms with van der Waals surface area (Å²) in [4.78, 5) is 19.3. The lowest BCUT2D eigenvalue weighted by Crippen LogP contribution is -2.15. The molecular formula is C15H16N2O2S. The topological polar surface area (TPSA) is 66.0 Å². The van der Waals surface area contributed by atoms with E-state index in [0.29, 0.717) is 11.4 Å². The molecule has 1 aromatic carbocycles. The Hall–Kier alpha value is -1.75. The molecule has 4 nitrogen and oxygen atoms in total. The van der Waals surface area contributed by atoms with Crippen molar-refractivity contribution in [3.8, 4) is 17.0 Å². The number of aryl methyl sites for hydroxylation is 1. The van der Waals surface area contributed by atoms with Gasteiger partial charge in [0.05, 0.1) is 5.25 Å². The molecule has 1 saturated heterocycles. The summed E-state index contributed by atoms with van der Waals surface area (Å²) in [6.45, 7) is 1.95. The van der Waals surface area contributed by atoms with Gasteiger partial charge in [0.1, 0.15) is 11.4 Å². The van der Waals surface area contributed by atoms with Gasteiger partial charge in [0.15, 0.2) is 0 Å². The van der Waals surface area contributed by atoms with Crippen LogP contribution in [0.3, 0.4) is 0 Å². The van der Waals surface area contributed by atoms with Crippen LogP contribution in [0.25, 0.3) is 11.1 Å². The molecule has 1 unspecified atom stereocenters. The average Bonchev–Trinajstić information content (AvgIpc) is 2.91. The van der Waals surface area contributed by atoms with E-state index in [0.717, 1.165) is 24.2 Å². The van der Waals surface area contributed by atoms with E-state index in [-0.39, 0.29) is 22.3 Å². The van der Waals surface area contributed by atoms with E-state index < -0.39 is 0 Å². The van der Waals surface area contributed by atoms with Crippen molar-refractivity contribution < 1.29 is 5.11 Å². The normalized spacial score (nSPS) is 18.4. The Labute approximate surface area is 121 Å². The fourth-order valence-electron chi connectivity index (χ4n) is 2.48. The van der Waals surface area contributed by atoms with Crippen LogP contribution in [-0.4, -0.2) is 20.8 Å². The molecule has 3 rings (SSSR count). The van der Waals surface area contributed by atoms with Gasteiger partial charge in [-0.25, -0.2) is 0 Å². The maximum atomic E-state index is 12.3. The van der Waals surface area contributed by atoms with Gasteiger partial charge in [-0.15, -0.1) is 0 Å². The number of hydrogen-bond acceptors (Lipinski definition) is 4. The number of aromatic hydroxyl groups is 1. The highest BCUT2D eigenvalue weighted by Crippen LogP contribution is 2.38. The first kappa shape index (κ1) is 13.2. The quantitative estimate of drug-likeness (QED) is 0.891. The maximum Gasteiger partial charge on any atom is 0.262 e. The highest BCUT2D eigenvalue weighted by molar-refractivity contribution is 7.99. The van der Waals surface area contributed by atoms with E-state index in [1.54, 1.807) is 11.8 Å². The molecule has 0 saturated carbocycles. The van der Waals surface area contributed by atoms with Gasteiger partial charge in [-0.05, 0) is 31.1 Å². The number of rotatable bonds is 2. The Kier molecular flexibility index (Phi) is 3.53. The number of hydrogen-bond donors (Lipinski definition) is 2. The molecule has 0 spiro atoms. The molecule has 0 bridgehead atoms. The number of thioether (sulfide) groups is 1. The number of benzene rings is 1. The largest absolute Gasteiger partial charge is 0.493 e. The van der Waals surface area contributed by atoms with Crippen molar-refractivity contribution in [2.45, 2.75) is 25.0 Å². The van der Waals surface area contributed by atoms with E-state index in [9.17, 15) is 9.90 Å². The second-order valence-electron chi connectivity index (χ2n) is 5.02. The Morgan fingerprint density at radius 3 is 2.95 bits per heavy atom.